The van der Waals surface area contributed by atoms with Gasteiger partial charge in [0.2, 0.25) is 23.6 Å². The van der Waals surface area contributed by atoms with Gasteiger partial charge in [-0.3, -0.25) is 28.9 Å². The third kappa shape index (κ3) is 21.3. The lowest BCUT2D eigenvalue weighted by atomic mass is 9.73. The van der Waals surface area contributed by atoms with E-state index < -0.39 is 94.3 Å². The third-order valence-electron chi connectivity index (χ3n) is 20.4. The largest absolute Gasteiger partial charge is 0.501 e. The van der Waals surface area contributed by atoms with Crippen LogP contribution >= 0.6 is 34.7 Å². The first kappa shape index (κ1) is 81.2. The molecule has 1 aliphatic carbocycles. The molecule has 0 spiro atoms. The van der Waals surface area contributed by atoms with Crippen LogP contribution in [-0.2, 0) is 39.0 Å². The Balaban J connectivity index is 0.698. The second kappa shape index (κ2) is 35.3. The van der Waals surface area contributed by atoms with E-state index in [0.717, 1.165) is 83.3 Å². The zero-order valence-corrected chi connectivity index (χ0v) is 65.2. The number of halogens is 4. The smallest absolute Gasteiger partial charge is 0.391 e. The highest BCUT2D eigenvalue weighted by Crippen LogP contribution is 2.44. The number of unbranched alkanes of at least 4 members (excludes halogenated alkanes) is 2. The van der Waals surface area contributed by atoms with Crippen LogP contribution in [0.3, 0.4) is 0 Å². The quantitative estimate of drug-likeness (QED) is 0.0226. The van der Waals surface area contributed by atoms with Gasteiger partial charge in [0, 0.05) is 118 Å². The summed E-state index contributed by atoms with van der Waals surface area (Å²) in [7, 11) is -11.1. The second-order valence-electron chi connectivity index (χ2n) is 30.1. The fourth-order valence-electron chi connectivity index (χ4n) is 14.3. The number of allylic oxidation sites excluding steroid dienone is 1. The number of hydrogen-bond acceptors (Lipinski definition) is 17. The number of hydrogen-bond donors (Lipinski definition) is 5. The normalized spacial score (nSPS) is 18.7. The van der Waals surface area contributed by atoms with E-state index in [9.17, 15) is 59.1 Å². The van der Waals surface area contributed by atoms with Crippen molar-refractivity contribution in [1.29, 1.82) is 0 Å². The van der Waals surface area contributed by atoms with Gasteiger partial charge in [0.15, 0.2) is 0 Å². The van der Waals surface area contributed by atoms with Gasteiger partial charge in [0.05, 0.1) is 38.8 Å². The monoisotopic (exact) mass is 1550 g/mol. The van der Waals surface area contributed by atoms with Crippen molar-refractivity contribution in [3.8, 4) is 10.4 Å². The standard InChI is InChI=1S/C78H98ClF3N10O10S4/c1-52(54-19-21-56(22-20-54)71-53(2)83-51-104-71)84-74(97)67-45-62(93)49-92(67)75(98)72(76(3,4)5)86-69(94)17-12-9-13-18-70(95)91-37-14-36-88(39-44-91)38-34-60(50-103-63-15-10-8-11-16-63)85-66-32-31-64(46-68(66)105(99,100)78(80,81)82)106(101,102)87-73(96)57-25-29-61(30-26-57)90-42-40-89(41-43-90)48-58-47-77(6,7)35-33-65(58)55-23-27-59(79)28-24-55/h8,10-11,15-16,19-32,46,51-52,60,62,67,72,85,93H,9,12-14,17-18,33-45,47-50H2,1-7H3,(H,84,97)(H,86,94)(H,87,96)/t52-,60+,62+,67-,72+/m0/s1. The molecule has 20 nitrogen and oxygen atoms in total. The number of carbonyl (C=O) groups is 5. The molecule has 3 saturated heterocycles. The van der Waals surface area contributed by atoms with Crippen molar-refractivity contribution in [3.05, 3.63) is 160 Å². The van der Waals surface area contributed by atoms with Crippen LogP contribution < -0.4 is 25.6 Å². The van der Waals surface area contributed by atoms with Crippen LogP contribution in [0.4, 0.5) is 24.5 Å². The number of rotatable bonds is 28. The maximum Gasteiger partial charge on any atom is 0.501 e. The molecule has 0 radical (unpaired) electrons. The number of likely N-dealkylation sites (tertiary alicyclic amines) is 1. The molecule has 4 aliphatic rings. The van der Waals surface area contributed by atoms with Crippen molar-refractivity contribution in [1.82, 2.24) is 39.9 Å². The predicted octanol–water partition coefficient (Wildman–Crippen LogP) is 12.8. The lowest BCUT2D eigenvalue weighted by Crippen LogP contribution is -2.57. The Morgan fingerprint density at radius 1 is 0.792 bits per heavy atom. The second-order valence-corrected chi connectivity index (χ2v) is 36.0. The van der Waals surface area contributed by atoms with Crippen molar-refractivity contribution in [3.63, 3.8) is 0 Å². The number of piperazine rings is 1. The first-order chi connectivity index (χ1) is 50.2. The summed E-state index contributed by atoms with van der Waals surface area (Å²) in [5.74, 6) is -2.09. The molecule has 1 aromatic heterocycles. The molecule has 106 heavy (non-hydrogen) atoms. The highest BCUT2D eigenvalue weighted by Gasteiger charge is 2.49. The minimum absolute atomic E-state index is 0.0415. The molecule has 0 unspecified atom stereocenters. The fourth-order valence-corrected chi connectivity index (χ4v) is 18.2. The third-order valence-corrected chi connectivity index (χ3v) is 25.6. The van der Waals surface area contributed by atoms with E-state index in [-0.39, 0.29) is 54.4 Å². The molecule has 28 heteroatoms. The number of nitrogens with zero attached hydrogens (tertiary/aromatic N) is 6. The summed E-state index contributed by atoms with van der Waals surface area (Å²) in [6.45, 7) is 20.0. The molecule has 5 amide bonds. The van der Waals surface area contributed by atoms with Gasteiger partial charge in [0.1, 0.15) is 17.0 Å². The Kier molecular flexibility index (Phi) is 27.0. The van der Waals surface area contributed by atoms with Gasteiger partial charge < -0.3 is 40.7 Å². The summed E-state index contributed by atoms with van der Waals surface area (Å²) < 4.78 is 101. The Hall–Kier alpha value is -7.37. The van der Waals surface area contributed by atoms with Crippen molar-refractivity contribution in [2.24, 2.45) is 10.8 Å². The number of nitrogens with one attached hydrogen (secondary N) is 4. The first-order valence-electron chi connectivity index (χ1n) is 36.3. The molecular weight excluding hydrogens is 1460 g/mol. The molecule has 6 aromatic rings. The Labute approximate surface area is 634 Å². The number of alkyl halides is 3. The summed E-state index contributed by atoms with van der Waals surface area (Å²) in [4.78, 5) is 82.9. The molecule has 3 fully saturated rings. The van der Waals surface area contributed by atoms with E-state index in [1.807, 2.05) is 106 Å². The molecule has 5 aromatic carbocycles. The molecule has 572 valence electrons. The number of thioether (sulfide) groups is 1. The van der Waals surface area contributed by atoms with Crippen molar-refractivity contribution >= 4 is 101 Å². The van der Waals surface area contributed by atoms with Crippen LogP contribution in [0.5, 0.6) is 0 Å². The molecule has 0 bridgehead atoms. The van der Waals surface area contributed by atoms with E-state index in [1.54, 1.807) is 33.9 Å². The van der Waals surface area contributed by atoms with E-state index in [0.29, 0.717) is 89.0 Å². The van der Waals surface area contributed by atoms with Gasteiger partial charge in [-0.05, 0) is 165 Å². The highest BCUT2D eigenvalue weighted by atomic mass is 35.5. The molecule has 0 saturated carbocycles. The zero-order valence-electron chi connectivity index (χ0n) is 61.2. The number of anilines is 2. The van der Waals surface area contributed by atoms with Gasteiger partial charge in [-0.2, -0.15) is 13.2 Å². The van der Waals surface area contributed by atoms with Gasteiger partial charge in [-0.1, -0.05) is 113 Å². The van der Waals surface area contributed by atoms with E-state index in [2.05, 4.69) is 61.6 Å². The SMILES string of the molecule is Cc1ncsc1-c1ccc([C@H](C)NC(=O)[C@@H]2C[C@@H](O)CN2C(=O)[C@@H](NC(=O)CCCCCC(=O)N2CCCN(CC[C@H](CSc3ccccc3)Nc3ccc(S(=O)(=O)NC(=O)c4ccc(N5CCN(CC6=C(c7ccc(Cl)cc7)CCC(C)(C)C6)CC5)cc4)cc3S(=O)(=O)C(F)(F)F)CC2)C(C)(C)C)cc1. The number of amides is 5. The van der Waals surface area contributed by atoms with E-state index in [1.165, 1.54) is 45.5 Å². The van der Waals surface area contributed by atoms with Crippen LogP contribution in [0.25, 0.3) is 16.0 Å². The summed E-state index contributed by atoms with van der Waals surface area (Å²) in [5, 5.41) is 20.4. The minimum atomic E-state index is -6.19. The summed E-state index contributed by atoms with van der Waals surface area (Å²) in [6.07, 6.45) is 4.95. The van der Waals surface area contributed by atoms with Crippen molar-refractivity contribution in [2.75, 3.05) is 88.0 Å². The molecule has 5 atom stereocenters. The lowest BCUT2D eigenvalue weighted by Gasteiger charge is -2.39. The van der Waals surface area contributed by atoms with Gasteiger partial charge in [-0.15, -0.1) is 23.1 Å². The van der Waals surface area contributed by atoms with Gasteiger partial charge in [0.25, 0.3) is 25.8 Å². The van der Waals surface area contributed by atoms with Crippen LogP contribution in [0, 0.1) is 17.8 Å². The topological polar surface area (TPSA) is 251 Å². The average molecular weight is 1560 g/mol. The predicted molar refractivity (Wildman–Crippen MR) is 412 cm³/mol. The van der Waals surface area contributed by atoms with Crippen molar-refractivity contribution in [2.45, 2.75) is 170 Å². The van der Waals surface area contributed by atoms with Gasteiger partial charge in [-0.25, -0.2) is 26.5 Å². The number of sulfone groups is 1. The summed E-state index contributed by atoms with van der Waals surface area (Å²) >= 11 is 9.17. The Morgan fingerprint density at radius 3 is 2.14 bits per heavy atom. The van der Waals surface area contributed by atoms with Crippen LogP contribution in [0.1, 0.15) is 145 Å². The highest BCUT2D eigenvalue weighted by molar-refractivity contribution is 7.99. The number of aliphatic hydroxyl groups is 1. The van der Waals surface area contributed by atoms with Crippen LogP contribution in [0.15, 0.2) is 147 Å². The number of β-amino-alcohol motifs (C(OH)–C–C–N with tert-alkyl or cyclic N) is 1. The molecule has 4 heterocycles. The molecule has 5 N–H and O–H groups in total. The first-order valence-corrected chi connectivity index (χ1v) is 41.5. The van der Waals surface area contributed by atoms with Gasteiger partial charge >= 0.3 is 5.51 Å². The van der Waals surface area contributed by atoms with Crippen LogP contribution in [-0.4, -0.2) is 184 Å². The van der Waals surface area contributed by atoms with E-state index >= 15 is 0 Å². The number of aliphatic hydroxyl groups excluding tert-OH is 1. The number of benzene rings is 5. The number of sulfonamides is 1. The molecular formula is C78H98ClF3N10O10S4. The minimum Gasteiger partial charge on any atom is -0.391 e. The lowest BCUT2D eigenvalue weighted by molar-refractivity contribution is -0.144. The maximum atomic E-state index is 14.6. The fraction of sp³-hybridized carbons (Fsp3) is 0.487. The number of aryl methyl sites for hydroxylation is 1. The van der Waals surface area contributed by atoms with Crippen molar-refractivity contribution < 1.29 is 59.1 Å². The maximum absolute atomic E-state index is 14.6. The Bertz CT molecular complexity index is 4330. The number of carbonyl (C=O) groups excluding carboxylic acids is 5. The Morgan fingerprint density at radius 2 is 1.47 bits per heavy atom. The number of thiazole rings is 1. The van der Waals surface area contributed by atoms with E-state index in [4.69, 9.17) is 11.6 Å². The van der Waals surface area contributed by atoms with Crippen LogP contribution in [0.2, 0.25) is 5.02 Å². The molecule has 3 aliphatic heterocycles. The zero-order chi connectivity index (χ0) is 76.3. The average Bonchev–Trinajstić information content (AvgIpc) is 0.894. The molecule has 10 rings (SSSR count). The number of aromatic nitrogens is 1. The summed E-state index contributed by atoms with van der Waals surface area (Å²) in [5.41, 5.74) is 2.51. The summed E-state index contributed by atoms with van der Waals surface area (Å²) in [6, 6.07) is 30.8.